The van der Waals surface area contributed by atoms with Crippen molar-refractivity contribution in [3.63, 3.8) is 0 Å². The minimum atomic E-state index is -2.93. The fourth-order valence-corrected chi connectivity index (χ4v) is 2.38. The van der Waals surface area contributed by atoms with Crippen molar-refractivity contribution in [1.82, 2.24) is 16.0 Å². The maximum atomic E-state index is 12.5. The Morgan fingerprint density at radius 2 is 1.96 bits per heavy atom. The lowest BCUT2D eigenvalue weighted by Crippen LogP contribution is -2.41. The van der Waals surface area contributed by atoms with Crippen molar-refractivity contribution in [3.8, 4) is 11.5 Å². The maximum Gasteiger partial charge on any atom is 0.387 e. The molecule has 2 rings (SSSR count). The van der Waals surface area contributed by atoms with Crippen LogP contribution in [0.5, 0.6) is 11.5 Å². The number of aliphatic imine (C=N–C) groups is 1. The van der Waals surface area contributed by atoms with Crippen LogP contribution in [0.1, 0.15) is 25.3 Å². The van der Waals surface area contributed by atoms with E-state index in [0.29, 0.717) is 31.2 Å². The van der Waals surface area contributed by atoms with Crippen LogP contribution in [-0.4, -0.2) is 45.2 Å². The molecule has 1 aromatic carbocycles. The van der Waals surface area contributed by atoms with E-state index in [9.17, 15) is 13.6 Å². The molecule has 9 heteroatoms. The van der Waals surface area contributed by atoms with Crippen LogP contribution < -0.4 is 25.4 Å². The molecule has 7 nitrogen and oxygen atoms in total. The SMILES string of the molecule is CCNC(=NCc1ccc(OC)c(OC(F)F)c1)NCCNC(=O)C1CC1. The fraction of sp³-hybridized carbons (Fsp3) is 0.556. The van der Waals surface area contributed by atoms with Gasteiger partial charge in [-0.05, 0) is 37.5 Å². The Labute approximate surface area is 157 Å². The van der Waals surface area contributed by atoms with Gasteiger partial charge in [-0.3, -0.25) is 4.79 Å². The number of guanidine groups is 1. The van der Waals surface area contributed by atoms with Gasteiger partial charge >= 0.3 is 6.61 Å². The highest BCUT2D eigenvalue weighted by Crippen LogP contribution is 2.30. The summed E-state index contributed by atoms with van der Waals surface area (Å²) in [6.07, 6.45) is 1.95. The van der Waals surface area contributed by atoms with Crippen LogP contribution in [0.2, 0.25) is 0 Å². The van der Waals surface area contributed by atoms with Gasteiger partial charge in [0.15, 0.2) is 17.5 Å². The molecule has 27 heavy (non-hydrogen) atoms. The van der Waals surface area contributed by atoms with Gasteiger partial charge in [0, 0.05) is 25.6 Å². The Bertz CT molecular complexity index is 651. The van der Waals surface area contributed by atoms with Crippen LogP contribution in [-0.2, 0) is 11.3 Å². The molecule has 1 amide bonds. The monoisotopic (exact) mass is 384 g/mol. The van der Waals surface area contributed by atoms with E-state index in [2.05, 4.69) is 25.7 Å². The van der Waals surface area contributed by atoms with Gasteiger partial charge in [0.1, 0.15) is 0 Å². The lowest BCUT2D eigenvalue weighted by molar-refractivity contribution is -0.122. The second-order valence-electron chi connectivity index (χ2n) is 6.05. The van der Waals surface area contributed by atoms with Crippen molar-refractivity contribution in [3.05, 3.63) is 23.8 Å². The molecule has 0 aromatic heterocycles. The van der Waals surface area contributed by atoms with Crippen LogP contribution in [0.25, 0.3) is 0 Å². The third-order valence-corrected chi connectivity index (χ3v) is 3.87. The Hall–Kier alpha value is -2.58. The minimum Gasteiger partial charge on any atom is -0.493 e. The second-order valence-corrected chi connectivity index (χ2v) is 6.05. The topological polar surface area (TPSA) is 84.0 Å². The molecular weight excluding hydrogens is 358 g/mol. The van der Waals surface area contributed by atoms with Crippen LogP contribution >= 0.6 is 0 Å². The Balaban J connectivity index is 1.89. The molecule has 0 saturated heterocycles. The summed E-state index contributed by atoms with van der Waals surface area (Å²) in [4.78, 5) is 16.0. The number of nitrogens with one attached hydrogen (secondary N) is 3. The summed E-state index contributed by atoms with van der Waals surface area (Å²) in [5, 5.41) is 9.09. The van der Waals surface area contributed by atoms with Crippen molar-refractivity contribution in [2.24, 2.45) is 10.9 Å². The van der Waals surface area contributed by atoms with Gasteiger partial charge in [0.05, 0.1) is 13.7 Å². The molecule has 0 aliphatic heterocycles. The Morgan fingerprint density at radius 1 is 1.22 bits per heavy atom. The van der Waals surface area contributed by atoms with Crippen LogP contribution in [0.3, 0.4) is 0 Å². The normalized spacial score (nSPS) is 14.0. The van der Waals surface area contributed by atoms with Crippen molar-refractivity contribution >= 4 is 11.9 Å². The van der Waals surface area contributed by atoms with Gasteiger partial charge in [-0.25, -0.2) is 4.99 Å². The zero-order valence-electron chi connectivity index (χ0n) is 15.6. The number of carbonyl (C=O) groups is 1. The smallest absolute Gasteiger partial charge is 0.387 e. The van der Waals surface area contributed by atoms with Gasteiger partial charge in [0.2, 0.25) is 5.91 Å². The van der Waals surface area contributed by atoms with Crippen LogP contribution in [0, 0.1) is 5.92 Å². The molecule has 1 saturated carbocycles. The molecule has 0 spiro atoms. The molecule has 0 unspecified atom stereocenters. The zero-order chi connectivity index (χ0) is 19.6. The average Bonchev–Trinajstić information content (AvgIpc) is 3.48. The number of ether oxygens (including phenoxy) is 2. The van der Waals surface area contributed by atoms with Gasteiger partial charge in [-0.15, -0.1) is 0 Å². The molecule has 1 aliphatic carbocycles. The first-order valence-corrected chi connectivity index (χ1v) is 8.95. The summed E-state index contributed by atoms with van der Waals surface area (Å²) in [6.45, 7) is 0.994. The van der Waals surface area contributed by atoms with E-state index in [1.54, 1.807) is 12.1 Å². The molecule has 1 aromatic rings. The van der Waals surface area contributed by atoms with Gasteiger partial charge in [-0.1, -0.05) is 6.07 Å². The molecular formula is C18H26F2N4O3. The summed E-state index contributed by atoms with van der Waals surface area (Å²) < 4.78 is 34.5. The highest BCUT2D eigenvalue weighted by Gasteiger charge is 2.28. The van der Waals surface area contributed by atoms with Crippen LogP contribution in [0.4, 0.5) is 8.78 Å². The number of hydrogen-bond donors (Lipinski definition) is 3. The minimum absolute atomic E-state index is 0.0269. The molecule has 0 atom stereocenters. The number of hydrogen-bond acceptors (Lipinski definition) is 4. The lowest BCUT2D eigenvalue weighted by atomic mass is 10.2. The fourth-order valence-electron chi connectivity index (χ4n) is 2.38. The van der Waals surface area contributed by atoms with E-state index >= 15 is 0 Å². The van der Waals surface area contributed by atoms with E-state index in [1.807, 2.05) is 6.92 Å². The first-order chi connectivity index (χ1) is 13.0. The summed E-state index contributed by atoms with van der Waals surface area (Å²) in [6, 6.07) is 4.78. The summed E-state index contributed by atoms with van der Waals surface area (Å²) in [7, 11) is 1.39. The highest BCUT2D eigenvalue weighted by atomic mass is 19.3. The molecule has 150 valence electrons. The van der Waals surface area contributed by atoms with Crippen molar-refractivity contribution < 1.29 is 23.0 Å². The Kier molecular flexibility index (Phi) is 8.09. The van der Waals surface area contributed by atoms with Gasteiger partial charge < -0.3 is 25.4 Å². The summed E-state index contributed by atoms with van der Waals surface area (Å²) in [5.74, 6) is 1.07. The summed E-state index contributed by atoms with van der Waals surface area (Å²) in [5.41, 5.74) is 0.700. The number of nitrogens with zero attached hydrogens (tertiary/aromatic N) is 1. The van der Waals surface area contributed by atoms with Gasteiger partial charge in [-0.2, -0.15) is 8.78 Å². The Morgan fingerprint density at radius 3 is 2.59 bits per heavy atom. The molecule has 3 N–H and O–H groups in total. The predicted octanol–water partition coefficient (Wildman–Crippen LogP) is 1.88. The van der Waals surface area contributed by atoms with E-state index in [-0.39, 0.29) is 29.9 Å². The van der Waals surface area contributed by atoms with Crippen molar-refractivity contribution in [1.29, 1.82) is 0 Å². The second kappa shape index (κ2) is 10.5. The number of methoxy groups -OCH3 is 1. The average molecular weight is 384 g/mol. The molecule has 0 bridgehead atoms. The third-order valence-electron chi connectivity index (χ3n) is 3.87. The quantitative estimate of drug-likeness (QED) is 0.326. The van der Waals surface area contributed by atoms with E-state index < -0.39 is 6.61 Å². The first-order valence-electron chi connectivity index (χ1n) is 8.95. The van der Waals surface area contributed by atoms with E-state index in [4.69, 9.17) is 4.74 Å². The summed E-state index contributed by atoms with van der Waals surface area (Å²) >= 11 is 0. The number of amides is 1. The van der Waals surface area contributed by atoms with Crippen molar-refractivity contribution in [2.45, 2.75) is 32.9 Å². The zero-order valence-corrected chi connectivity index (χ0v) is 15.6. The standard InChI is InChI=1S/C18H26F2N4O3/c1-3-21-18(23-9-8-22-16(25)13-5-6-13)24-11-12-4-7-14(26-2)15(10-12)27-17(19)20/h4,7,10,13,17H,3,5-6,8-9,11H2,1-2H3,(H,22,25)(H2,21,23,24). The maximum absolute atomic E-state index is 12.5. The highest BCUT2D eigenvalue weighted by molar-refractivity contribution is 5.81. The molecule has 1 aliphatic rings. The molecule has 0 heterocycles. The third kappa shape index (κ3) is 7.28. The van der Waals surface area contributed by atoms with Crippen molar-refractivity contribution in [2.75, 3.05) is 26.7 Å². The molecule has 1 fully saturated rings. The number of halogens is 2. The predicted molar refractivity (Wildman–Crippen MR) is 98.2 cm³/mol. The first kappa shape index (κ1) is 20.7. The van der Waals surface area contributed by atoms with E-state index in [0.717, 1.165) is 12.8 Å². The van der Waals surface area contributed by atoms with Crippen LogP contribution in [0.15, 0.2) is 23.2 Å². The number of alkyl halides is 2. The van der Waals surface area contributed by atoms with E-state index in [1.165, 1.54) is 13.2 Å². The van der Waals surface area contributed by atoms with Gasteiger partial charge in [0.25, 0.3) is 0 Å². The molecule has 0 radical (unpaired) electrons. The lowest BCUT2D eigenvalue weighted by Gasteiger charge is -2.13. The number of rotatable bonds is 10. The number of benzene rings is 1. The number of carbonyl (C=O) groups excluding carboxylic acids is 1. The largest absolute Gasteiger partial charge is 0.493 e.